The molecule has 1 aliphatic rings. The molecule has 3 aromatic rings. The number of thioether (sulfide) groups is 1. The molecule has 0 saturated heterocycles. The molecule has 6 nitrogen and oxygen atoms in total. The fraction of sp³-hybridized carbons (Fsp3) is 0.471. The number of furan rings is 1. The van der Waals surface area contributed by atoms with Gasteiger partial charge in [-0.05, 0) is 37.3 Å². The lowest BCUT2D eigenvalue weighted by Gasteiger charge is -2.13. The Kier molecular flexibility index (Phi) is 4.39. The number of hydrogen-bond acceptors (Lipinski definition) is 7. The minimum absolute atomic E-state index is 0.283. The predicted octanol–water partition coefficient (Wildman–Crippen LogP) is 3.36. The van der Waals surface area contributed by atoms with Crippen molar-refractivity contribution in [1.82, 2.24) is 15.0 Å². The molecule has 1 aliphatic carbocycles. The summed E-state index contributed by atoms with van der Waals surface area (Å²) in [6, 6.07) is 2.19. The maximum atomic E-state index is 6.01. The van der Waals surface area contributed by atoms with Gasteiger partial charge >= 0.3 is 0 Å². The number of nitrogens with zero attached hydrogens (tertiary/aromatic N) is 3. The largest absolute Gasteiger partial charge is 0.433 e. The minimum Gasteiger partial charge on any atom is -0.433 e. The molecule has 0 bridgehead atoms. The molecule has 0 saturated carbocycles. The van der Waals surface area contributed by atoms with Gasteiger partial charge in [0.05, 0.1) is 11.1 Å². The van der Waals surface area contributed by atoms with Crippen LogP contribution in [0.4, 0.5) is 0 Å². The molecule has 7 heteroatoms. The number of ether oxygens (including phenoxy) is 2. The molecule has 0 aromatic carbocycles. The molecular formula is C17H19N3O3S. The van der Waals surface area contributed by atoms with E-state index in [1.807, 2.05) is 0 Å². The number of methoxy groups -OCH3 is 2. The second-order valence-corrected chi connectivity index (χ2v) is 6.83. The van der Waals surface area contributed by atoms with Gasteiger partial charge in [-0.1, -0.05) is 11.8 Å². The molecule has 0 fully saturated rings. The Morgan fingerprint density at radius 2 is 2.04 bits per heavy atom. The van der Waals surface area contributed by atoms with Gasteiger partial charge in [0.1, 0.15) is 16.9 Å². The first-order valence-corrected chi connectivity index (χ1v) is 9.03. The highest BCUT2D eigenvalue weighted by molar-refractivity contribution is 7.99. The third kappa shape index (κ3) is 2.76. The Morgan fingerprint density at radius 3 is 2.88 bits per heavy atom. The minimum atomic E-state index is -0.283. The molecule has 0 atom stereocenters. The Balaban J connectivity index is 1.76. The van der Waals surface area contributed by atoms with E-state index >= 15 is 0 Å². The summed E-state index contributed by atoms with van der Waals surface area (Å²) >= 11 is 1.53. The van der Waals surface area contributed by atoms with E-state index in [-0.39, 0.29) is 6.29 Å². The lowest BCUT2D eigenvalue weighted by molar-refractivity contribution is -0.0842. The van der Waals surface area contributed by atoms with Crippen LogP contribution in [0.2, 0.25) is 0 Å². The summed E-state index contributed by atoms with van der Waals surface area (Å²) in [6.07, 6.45) is 5.83. The SMILES string of the molecule is COC(CSc1ncnc2c1oc1nc3c(cc12)CCCC3)OC. The van der Waals surface area contributed by atoms with Crippen LogP contribution < -0.4 is 0 Å². The van der Waals surface area contributed by atoms with Crippen LogP contribution in [0.5, 0.6) is 0 Å². The maximum absolute atomic E-state index is 6.01. The van der Waals surface area contributed by atoms with E-state index in [0.717, 1.165) is 34.5 Å². The summed E-state index contributed by atoms with van der Waals surface area (Å²) in [4.78, 5) is 13.5. The Morgan fingerprint density at radius 1 is 1.21 bits per heavy atom. The molecule has 3 aromatic heterocycles. The molecule has 0 aliphatic heterocycles. The Labute approximate surface area is 144 Å². The van der Waals surface area contributed by atoms with E-state index < -0.39 is 0 Å². The van der Waals surface area contributed by atoms with Crippen LogP contribution in [0.15, 0.2) is 21.8 Å². The van der Waals surface area contributed by atoms with Crippen molar-refractivity contribution < 1.29 is 13.9 Å². The number of aryl methyl sites for hydroxylation is 2. The maximum Gasteiger partial charge on any atom is 0.229 e. The van der Waals surface area contributed by atoms with Crippen molar-refractivity contribution in [2.45, 2.75) is 37.0 Å². The fourth-order valence-corrected chi connectivity index (χ4v) is 4.04. The summed E-state index contributed by atoms with van der Waals surface area (Å²) in [7, 11) is 3.25. The molecule has 0 unspecified atom stereocenters. The van der Waals surface area contributed by atoms with Crippen LogP contribution in [0.1, 0.15) is 24.1 Å². The van der Waals surface area contributed by atoms with Crippen LogP contribution >= 0.6 is 11.8 Å². The highest BCUT2D eigenvalue weighted by Crippen LogP contribution is 2.34. The zero-order valence-electron chi connectivity index (χ0n) is 13.7. The van der Waals surface area contributed by atoms with Gasteiger partial charge in [-0.3, -0.25) is 0 Å². The average Bonchev–Trinajstić information content (AvgIpc) is 2.99. The van der Waals surface area contributed by atoms with Crippen LogP contribution in [0.25, 0.3) is 22.2 Å². The van der Waals surface area contributed by atoms with Gasteiger partial charge in [0.15, 0.2) is 11.9 Å². The van der Waals surface area contributed by atoms with E-state index in [0.29, 0.717) is 17.0 Å². The summed E-state index contributed by atoms with van der Waals surface area (Å²) in [6.45, 7) is 0. The zero-order valence-corrected chi connectivity index (χ0v) is 14.6. The summed E-state index contributed by atoms with van der Waals surface area (Å²) in [5, 5.41) is 1.76. The number of fused-ring (bicyclic) bond motifs is 4. The number of aromatic nitrogens is 3. The third-order valence-corrected chi connectivity index (χ3v) is 5.38. The van der Waals surface area contributed by atoms with Gasteiger partial charge in [0.2, 0.25) is 5.71 Å². The second-order valence-electron chi connectivity index (χ2n) is 5.82. The molecule has 0 amide bonds. The summed E-state index contributed by atoms with van der Waals surface area (Å²) in [5.74, 6) is 0.625. The lowest BCUT2D eigenvalue weighted by Crippen LogP contribution is -2.15. The lowest BCUT2D eigenvalue weighted by atomic mass is 9.95. The van der Waals surface area contributed by atoms with Gasteiger partial charge < -0.3 is 13.9 Å². The number of rotatable bonds is 5. The zero-order chi connectivity index (χ0) is 16.5. The fourth-order valence-electron chi connectivity index (χ4n) is 3.08. The first kappa shape index (κ1) is 15.8. The summed E-state index contributed by atoms with van der Waals surface area (Å²) in [5.41, 5.74) is 4.66. The number of hydrogen-bond donors (Lipinski definition) is 0. The van der Waals surface area contributed by atoms with Gasteiger partial charge in [-0.2, -0.15) is 0 Å². The highest BCUT2D eigenvalue weighted by Gasteiger charge is 2.19. The quantitative estimate of drug-likeness (QED) is 0.399. The van der Waals surface area contributed by atoms with Crippen molar-refractivity contribution in [3.05, 3.63) is 23.7 Å². The molecule has 3 heterocycles. The van der Waals surface area contributed by atoms with E-state index in [9.17, 15) is 0 Å². The molecular weight excluding hydrogens is 326 g/mol. The van der Waals surface area contributed by atoms with Crippen molar-refractivity contribution in [2.24, 2.45) is 0 Å². The molecule has 0 spiro atoms. The monoisotopic (exact) mass is 345 g/mol. The molecule has 0 radical (unpaired) electrons. The smallest absolute Gasteiger partial charge is 0.229 e. The first-order valence-electron chi connectivity index (χ1n) is 8.04. The Hall–Kier alpha value is -1.70. The standard InChI is InChI=1S/C17H19N3O3S/c1-21-13(22-2)8-24-17-15-14(18-9-19-17)11-7-10-5-3-4-6-12(10)20-16(11)23-15/h7,9,13H,3-6,8H2,1-2H3. The normalized spacial score (nSPS) is 14.6. The van der Waals surface area contributed by atoms with Gasteiger partial charge in [0.25, 0.3) is 0 Å². The molecule has 24 heavy (non-hydrogen) atoms. The van der Waals surface area contributed by atoms with Crippen molar-refractivity contribution in [3.63, 3.8) is 0 Å². The predicted molar refractivity (Wildman–Crippen MR) is 92.3 cm³/mol. The van der Waals surface area contributed by atoms with Gasteiger partial charge in [0, 0.05) is 19.9 Å². The number of pyridine rings is 1. The molecule has 4 rings (SSSR count). The summed E-state index contributed by atoms with van der Waals surface area (Å²) < 4.78 is 16.5. The van der Waals surface area contributed by atoms with E-state index in [2.05, 4.69) is 16.0 Å². The second kappa shape index (κ2) is 6.66. The molecule has 0 N–H and O–H groups in total. The van der Waals surface area contributed by atoms with Crippen LogP contribution in [0, 0.1) is 0 Å². The van der Waals surface area contributed by atoms with Gasteiger partial charge in [-0.25, -0.2) is 15.0 Å². The van der Waals surface area contributed by atoms with Crippen molar-refractivity contribution in [3.8, 4) is 0 Å². The third-order valence-electron chi connectivity index (χ3n) is 4.37. The topological polar surface area (TPSA) is 70.3 Å². The Bertz CT molecular complexity index is 876. The van der Waals surface area contributed by atoms with Crippen molar-refractivity contribution in [2.75, 3.05) is 20.0 Å². The first-order chi connectivity index (χ1) is 11.8. The van der Waals surface area contributed by atoms with E-state index in [4.69, 9.17) is 18.9 Å². The van der Waals surface area contributed by atoms with E-state index in [1.54, 1.807) is 20.5 Å². The average molecular weight is 345 g/mol. The van der Waals surface area contributed by atoms with Gasteiger partial charge in [-0.15, -0.1) is 0 Å². The van der Waals surface area contributed by atoms with E-state index in [1.165, 1.54) is 30.2 Å². The van der Waals surface area contributed by atoms with Crippen LogP contribution in [-0.4, -0.2) is 41.2 Å². The van der Waals surface area contributed by atoms with Crippen LogP contribution in [-0.2, 0) is 22.3 Å². The molecule has 126 valence electrons. The van der Waals surface area contributed by atoms with Crippen molar-refractivity contribution >= 4 is 34.0 Å². The van der Waals surface area contributed by atoms with Crippen LogP contribution in [0.3, 0.4) is 0 Å². The van der Waals surface area contributed by atoms with Crippen molar-refractivity contribution in [1.29, 1.82) is 0 Å². The highest BCUT2D eigenvalue weighted by atomic mass is 32.2.